The molecule has 2 aliphatic carbocycles. The highest BCUT2D eigenvalue weighted by Crippen LogP contribution is 2.38. The molecule has 2 aromatic rings. The third kappa shape index (κ3) is 5.86. The molecule has 1 aliphatic heterocycles. The Hall–Kier alpha value is -1.73. The van der Waals surface area contributed by atoms with Crippen LogP contribution in [0.3, 0.4) is 0 Å². The summed E-state index contributed by atoms with van der Waals surface area (Å²) in [7, 11) is -3.64. The number of aliphatic hydroxyl groups excluding tert-OH is 1. The van der Waals surface area contributed by atoms with Gasteiger partial charge >= 0.3 is 0 Å². The summed E-state index contributed by atoms with van der Waals surface area (Å²) in [4.78, 5) is 0. The predicted molar refractivity (Wildman–Crippen MR) is 131 cm³/mol. The van der Waals surface area contributed by atoms with E-state index in [9.17, 15) is 13.5 Å². The Labute approximate surface area is 198 Å². The van der Waals surface area contributed by atoms with Crippen LogP contribution in [0.25, 0.3) is 0 Å². The molecule has 3 aliphatic rings. The highest BCUT2D eigenvalue weighted by Gasteiger charge is 2.45. The topological polar surface area (TPSA) is 60.9 Å². The second kappa shape index (κ2) is 9.87. The van der Waals surface area contributed by atoms with E-state index in [4.69, 9.17) is 0 Å². The van der Waals surface area contributed by atoms with Crippen LogP contribution in [0.4, 0.5) is 0 Å². The summed E-state index contributed by atoms with van der Waals surface area (Å²) in [6.45, 7) is 1.15. The summed E-state index contributed by atoms with van der Waals surface area (Å²) in [6, 6.07) is 19.8. The molecule has 0 amide bonds. The van der Waals surface area contributed by atoms with Gasteiger partial charge in [-0.1, -0.05) is 60.7 Å². The maximum atomic E-state index is 14.3. The van der Waals surface area contributed by atoms with Crippen molar-refractivity contribution < 1.29 is 13.5 Å². The van der Waals surface area contributed by atoms with Crippen molar-refractivity contribution in [1.82, 2.24) is 8.61 Å². The maximum Gasteiger partial charge on any atom is 0.282 e. The molecule has 5 nitrogen and oxygen atoms in total. The molecule has 0 aromatic heterocycles. The van der Waals surface area contributed by atoms with Gasteiger partial charge in [0, 0.05) is 25.2 Å². The van der Waals surface area contributed by atoms with Crippen LogP contribution >= 0.6 is 0 Å². The van der Waals surface area contributed by atoms with Gasteiger partial charge in [0.25, 0.3) is 10.2 Å². The van der Waals surface area contributed by atoms with E-state index in [1.165, 1.54) is 0 Å². The van der Waals surface area contributed by atoms with E-state index in [1.54, 1.807) is 8.61 Å². The number of nitrogens with zero attached hydrogens (tertiary/aromatic N) is 2. The van der Waals surface area contributed by atoms with Crippen LogP contribution in [-0.2, 0) is 23.1 Å². The first kappa shape index (κ1) is 23.0. The Kier molecular flexibility index (Phi) is 6.89. The van der Waals surface area contributed by atoms with Crippen molar-refractivity contribution in [2.24, 2.45) is 11.8 Å². The fourth-order valence-corrected chi connectivity index (χ4v) is 7.35. The van der Waals surface area contributed by atoms with Gasteiger partial charge in [-0.2, -0.15) is 17.0 Å². The molecule has 1 saturated heterocycles. The minimum absolute atomic E-state index is 0.215. The van der Waals surface area contributed by atoms with Gasteiger partial charge in [0.05, 0.1) is 6.10 Å². The first-order valence-electron chi connectivity index (χ1n) is 12.5. The second-order valence-electron chi connectivity index (χ2n) is 10.3. The minimum Gasteiger partial charge on any atom is -0.393 e. The molecule has 178 valence electrons. The number of hydrogen-bond acceptors (Lipinski definition) is 3. The fourth-order valence-electron chi connectivity index (χ4n) is 5.21. The van der Waals surface area contributed by atoms with Crippen LogP contribution in [0.2, 0.25) is 0 Å². The lowest BCUT2D eigenvalue weighted by atomic mass is 9.94. The predicted octanol–water partition coefficient (Wildman–Crippen LogP) is 4.03. The van der Waals surface area contributed by atoms with E-state index in [-0.39, 0.29) is 12.1 Å². The van der Waals surface area contributed by atoms with E-state index in [0.717, 1.165) is 36.8 Å². The molecule has 0 unspecified atom stereocenters. The molecule has 0 spiro atoms. The minimum atomic E-state index is -3.64. The second-order valence-corrected chi connectivity index (χ2v) is 12.2. The van der Waals surface area contributed by atoms with E-state index in [0.29, 0.717) is 50.6 Å². The summed E-state index contributed by atoms with van der Waals surface area (Å²) in [5.74, 6) is 0.898. The smallest absolute Gasteiger partial charge is 0.282 e. The quantitative estimate of drug-likeness (QED) is 0.636. The zero-order chi connectivity index (χ0) is 22.8. The summed E-state index contributed by atoms with van der Waals surface area (Å²) >= 11 is 0. The van der Waals surface area contributed by atoms with Crippen LogP contribution < -0.4 is 0 Å². The molecule has 0 bridgehead atoms. The lowest BCUT2D eigenvalue weighted by Crippen LogP contribution is -2.57. The van der Waals surface area contributed by atoms with E-state index in [2.05, 4.69) is 24.3 Å². The summed E-state index contributed by atoms with van der Waals surface area (Å²) in [5, 5.41) is 11.2. The van der Waals surface area contributed by atoms with E-state index in [1.807, 2.05) is 36.4 Å². The summed E-state index contributed by atoms with van der Waals surface area (Å²) in [6.07, 6.45) is 6.14. The lowest BCUT2D eigenvalue weighted by molar-refractivity contribution is 0.0800. The monoisotopic (exact) mass is 468 g/mol. The van der Waals surface area contributed by atoms with Crippen molar-refractivity contribution in [3.05, 3.63) is 71.8 Å². The van der Waals surface area contributed by atoms with Crippen LogP contribution in [0.5, 0.6) is 0 Å². The zero-order valence-corrected chi connectivity index (χ0v) is 20.1. The first-order chi connectivity index (χ1) is 16.0. The molecule has 3 fully saturated rings. The van der Waals surface area contributed by atoms with Gasteiger partial charge in [0.2, 0.25) is 0 Å². The van der Waals surface area contributed by atoms with Crippen molar-refractivity contribution in [2.75, 3.05) is 13.1 Å². The van der Waals surface area contributed by atoms with Gasteiger partial charge in [-0.3, -0.25) is 0 Å². The highest BCUT2D eigenvalue weighted by molar-refractivity contribution is 7.86. The van der Waals surface area contributed by atoms with E-state index >= 15 is 0 Å². The van der Waals surface area contributed by atoms with Gasteiger partial charge in [-0.25, -0.2) is 0 Å². The van der Waals surface area contributed by atoms with Crippen molar-refractivity contribution in [3.63, 3.8) is 0 Å². The summed E-state index contributed by atoms with van der Waals surface area (Å²) < 4.78 is 32.1. The number of benzene rings is 2. The third-order valence-electron chi connectivity index (χ3n) is 7.39. The Balaban J connectivity index is 1.48. The Bertz CT molecular complexity index is 931. The number of aliphatic hydroxyl groups is 1. The molecule has 6 heteroatoms. The average molecular weight is 469 g/mol. The van der Waals surface area contributed by atoms with Crippen molar-refractivity contribution in [3.8, 4) is 0 Å². The zero-order valence-electron chi connectivity index (χ0n) is 19.3. The molecule has 33 heavy (non-hydrogen) atoms. The molecule has 2 saturated carbocycles. The van der Waals surface area contributed by atoms with Gasteiger partial charge in [0.15, 0.2) is 0 Å². The van der Waals surface area contributed by atoms with Crippen molar-refractivity contribution >= 4 is 10.2 Å². The Morgan fingerprint density at radius 1 is 0.697 bits per heavy atom. The van der Waals surface area contributed by atoms with Gasteiger partial charge in [-0.05, 0) is 74.3 Å². The SMILES string of the molecule is O=S1(=O)N(CC2CC2)[C@H](Cc2ccccc2)CC(O)C[C@@H](Cc2ccccc2)N1CC1CC1. The molecule has 1 heterocycles. The maximum absolute atomic E-state index is 14.3. The van der Waals surface area contributed by atoms with Gasteiger partial charge < -0.3 is 5.11 Å². The van der Waals surface area contributed by atoms with Crippen LogP contribution in [0.15, 0.2) is 60.7 Å². The molecule has 1 N–H and O–H groups in total. The van der Waals surface area contributed by atoms with Crippen LogP contribution in [-0.4, -0.2) is 53.4 Å². The molecule has 0 radical (unpaired) electrons. The number of rotatable bonds is 8. The number of hydrogen-bond donors (Lipinski definition) is 1. The Morgan fingerprint density at radius 2 is 1.09 bits per heavy atom. The van der Waals surface area contributed by atoms with Crippen molar-refractivity contribution in [1.29, 1.82) is 0 Å². The van der Waals surface area contributed by atoms with Gasteiger partial charge in [0.1, 0.15) is 0 Å². The third-order valence-corrected chi connectivity index (χ3v) is 9.47. The molecular formula is C27H36N2O3S. The van der Waals surface area contributed by atoms with Gasteiger partial charge in [-0.15, -0.1) is 0 Å². The summed E-state index contributed by atoms with van der Waals surface area (Å²) in [5.41, 5.74) is 2.25. The van der Waals surface area contributed by atoms with Crippen molar-refractivity contribution in [2.45, 2.75) is 69.6 Å². The highest BCUT2D eigenvalue weighted by atomic mass is 32.2. The first-order valence-corrected chi connectivity index (χ1v) is 13.9. The molecule has 5 rings (SSSR count). The standard InChI is InChI=1S/C27H36N2O3S/c30-27-17-25(15-21-7-3-1-4-8-21)28(19-23-11-12-23)33(31,32)29(20-24-13-14-24)26(18-27)16-22-9-5-2-6-10-22/h1-10,23-27,30H,11-20H2/t25-,26-/m1/s1. The lowest BCUT2D eigenvalue weighted by Gasteiger charge is -2.43. The van der Waals surface area contributed by atoms with Crippen LogP contribution in [0, 0.1) is 11.8 Å². The Morgan fingerprint density at radius 3 is 1.45 bits per heavy atom. The molecular weight excluding hydrogens is 432 g/mol. The fraction of sp³-hybridized carbons (Fsp3) is 0.556. The largest absolute Gasteiger partial charge is 0.393 e. The average Bonchev–Trinajstić information content (AvgIpc) is 3.72. The molecule has 2 aromatic carbocycles. The van der Waals surface area contributed by atoms with E-state index < -0.39 is 16.3 Å². The molecule has 2 atom stereocenters. The normalized spacial score (nSPS) is 28.8. The van der Waals surface area contributed by atoms with Crippen LogP contribution in [0.1, 0.15) is 49.7 Å².